The Balaban J connectivity index is 2.29. The molecule has 100 valence electrons. The summed E-state index contributed by atoms with van der Waals surface area (Å²) in [4.78, 5) is 10.1. The van der Waals surface area contributed by atoms with Crippen LogP contribution in [-0.2, 0) is 0 Å². The summed E-state index contributed by atoms with van der Waals surface area (Å²) < 4.78 is 1.08. The van der Waals surface area contributed by atoms with Gasteiger partial charge in [0.15, 0.2) is 5.16 Å². The second-order valence-electron chi connectivity index (χ2n) is 3.64. The van der Waals surface area contributed by atoms with Crippen LogP contribution < -0.4 is 5.32 Å². The van der Waals surface area contributed by atoms with E-state index in [-0.39, 0.29) is 0 Å². The van der Waals surface area contributed by atoms with Gasteiger partial charge in [0.1, 0.15) is 10.8 Å². The highest BCUT2D eigenvalue weighted by molar-refractivity contribution is 9.10. The zero-order valence-electron chi connectivity index (χ0n) is 10.7. The molecular formula is C13H14BrN3S2. The minimum atomic E-state index is 0.785. The SMILES string of the molecule is CCNc1cc(Sc2ccccc2Br)nc(SC)n1. The lowest BCUT2D eigenvalue weighted by Gasteiger charge is -2.08. The van der Waals surface area contributed by atoms with E-state index in [1.54, 1.807) is 23.5 Å². The van der Waals surface area contributed by atoms with E-state index in [2.05, 4.69) is 44.2 Å². The molecule has 2 aromatic rings. The van der Waals surface area contributed by atoms with Crippen LogP contribution in [0.3, 0.4) is 0 Å². The van der Waals surface area contributed by atoms with Crippen molar-refractivity contribution in [3.8, 4) is 0 Å². The van der Waals surface area contributed by atoms with Gasteiger partial charge < -0.3 is 5.32 Å². The number of halogens is 1. The van der Waals surface area contributed by atoms with Crippen LogP contribution in [-0.4, -0.2) is 22.8 Å². The maximum atomic E-state index is 4.52. The van der Waals surface area contributed by atoms with E-state index in [9.17, 15) is 0 Å². The average molecular weight is 356 g/mol. The quantitative estimate of drug-likeness (QED) is 0.484. The predicted octanol–water partition coefficient (Wildman–Crippen LogP) is 4.54. The number of nitrogens with zero attached hydrogens (tertiary/aromatic N) is 2. The van der Waals surface area contributed by atoms with Crippen LogP contribution in [0.4, 0.5) is 5.82 Å². The van der Waals surface area contributed by atoms with Crippen molar-refractivity contribution in [3.63, 3.8) is 0 Å². The van der Waals surface area contributed by atoms with Gasteiger partial charge in [-0.2, -0.15) is 0 Å². The van der Waals surface area contributed by atoms with Crippen molar-refractivity contribution < 1.29 is 0 Å². The van der Waals surface area contributed by atoms with Gasteiger partial charge in [-0.05, 0) is 41.2 Å². The third-order valence-electron chi connectivity index (χ3n) is 2.27. The first kappa shape index (κ1) is 14.7. The normalized spacial score (nSPS) is 10.5. The van der Waals surface area contributed by atoms with Crippen molar-refractivity contribution in [1.82, 2.24) is 9.97 Å². The Hall–Kier alpha value is -0.720. The van der Waals surface area contributed by atoms with E-state index in [1.165, 1.54) is 0 Å². The molecule has 0 unspecified atom stereocenters. The van der Waals surface area contributed by atoms with E-state index in [4.69, 9.17) is 0 Å². The van der Waals surface area contributed by atoms with Crippen molar-refractivity contribution in [2.75, 3.05) is 18.1 Å². The van der Waals surface area contributed by atoms with E-state index >= 15 is 0 Å². The number of nitrogens with one attached hydrogen (secondary N) is 1. The van der Waals surface area contributed by atoms with Crippen molar-refractivity contribution >= 4 is 45.3 Å². The van der Waals surface area contributed by atoms with Crippen molar-refractivity contribution in [1.29, 1.82) is 0 Å². The molecule has 0 amide bonds. The second kappa shape index (κ2) is 7.17. The molecule has 0 aliphatic carbocycles. The summed E-state index contributed by atoms with van der Waals surface area (Å²) >= 11 is 6.74. The highest BCUT2D eigenvalue weighted by atomic mass is 79.9. The van der Waals surface area contributed by atoms with Gasteiger partial charge in [0.25, 0.3) is 0 Å². The van der Waals surface area contributed by atoms with E-state index in [1.807, 2.05) is 30.5 Å². The first-order valence-electron chi connectivity index (χ1n) is 5.82. The minimum Gasteiger partial charge on any atom is -0.370 e. The lowest BCUT2D eigenvalue weighted by Crippen LogP contribution is -2.01. The molecule has 1 heterocycles. The molecule has 2 rings (SSSR count). The standard InChI is InChI=1S/C13H14BrN3S2/c1-3-15-11-8-12(17-13(16-11)18-2)19-10-7-5-4-6-9(10)14/h4-8H,3H2,1-2H3,(H,15,16,17). The number of hydrogen-bond donors (Lipinski definition) is 1. The van der Waals surface area contributed by atoms with Crippen LogP contribution in [0.25, 0.3) is 0 Å². The summed E-state index contributed by atoms with van der Waals surface area (Å²) in [5.41, 5.74) is 0. The molecule has 0 radical (unpaired) electrons. The molecule has 1 aromatic carbocycles. The van der Waals surface area contributed by atoms with Gasteiger partial charge in [-0.1, -0.05) is 35.7 Å². The molecule has 1 N–H and O–H groups in total. The molecule has 0 fully saturated rings. The second-order valence-corrected chi connectivity index (χ2v) is 6.33. The fourth-order valence-corrected chi connectivity index (χ4v) is 3.26. The summed E-state index contributed by atoms with van der Waals surface area (Å²) in [7, 11) is 0. The molecule has 0 bridgehead atoms. The fourth-order valence-electron chi connectivity index (χ4n) is 1.46. The predicted molar refractivity (Wildman–Crippen MR) is 86.2 cm³/mol. The van der Waals surface area contributed by atoms with Crippen LogP contribution in [0, 0.1) is 0 Å². The maximum Gasteiger partial charge on any atom is 0.190 e. The highest BCUT2D eigenvalue weighted by Crippen LogP contribution is 2.33. The number of hydrogen-bond acceptors (Lipinski definition) is 5. The van der Waals surface area contributed by atoms with Crippen molar-refractivity contribution in [3.05, 3.63) is 34.8 Å². The van der Waals surface area contributed by atoms with Crippen LogP contribution in [0.5, 0.6) is 0 Å². The number of benzene rings is 1. The zero-order valence-corrected chi connectivity index (χ0v) is 13.9. The molecule has 0 aliphatic rings. The smallest absolute Gasteiger partial charge is 0.190 e. The first-order chi connectivity index (χ1) is 9.22. The molecule has 6 heteroatoms. The summed E-state index contributed by atoms with van der Waals surface area (Å²) in [5, 5.41) is 4.97. The minimum absolute atomic E-state index is 0.785. The summed E-state index contributed by atoms with van der Waals surface area (Å²) in [6.45, 7) is 2.91. The van der Waals surface area contributed by atoms with Gasteiger partial charge in [0.05, 0.1) is 0 Å². The summed E-state index contributed by atoms with van der Waals surface area (Å²) in [6.07, 6.45) is 1.98. The molecule has 0 saturated heterocycles. The molecule has 0 spiro atoms. The highest BCUT2D eigenvalue weighted by Gasteiger charge is 2.07. The molecular weight excluding hydrogens is 342 g/mol. The Morgan fingerprint density at radius 2 is 2.05 bits per heavy atom. The van der Waals surface area contributed by atoms with E-state index < -0.39 is 0 Å². The van der Waals surface area contributed by atoms with Gasteiger partial charge in [-0.25, -0.2) is 9.97 Å². The van der Waals surface area contributed by atoms with Gasteiger partial charge in [-0.15, -0.1) is 0 Å². The van der Waals surface area contributed by atoms with Crippen LogP contribution in [0.2, 0.25) is 0 Å². The Labute approximate surface area is 130 Å². The summed E-state index contributed by atoms with van der Waals surface area (Å²) in [5.74, 6) is 0.872. The summed E-state index contributed by atoms with van der Waals surface area (Å²) in [6, 6.07) is 10.1. The molecule has 19 heavy (non-hydrogen) atoms. The lowest BCUT2D eigenvalue weighted by atomic mass is 10.4. The number of rotatable bonds is 5. The Bertz CT molecular complexity index is 563. The third kappa shape index (κ3) is 4.12. The van der Waals surface area contributed by atoms with Crippen molar-refractivity contribution in [2.45, 2.75) is 22.0 Å². The van der Waals surface area contributed by atoms with Gasteiger partial charge in [0, 0.05) is 22.0 Å². The van der Waals surface area contributed by atoms with Crippen LogP contribution in [0.15, 0.2) is 49.9 Å². The Morgan fingerprint density at radius 1 is 1.26 bits per heavy atom. The van der Waals surface area contributed by atoms with E-state index in [0.29, 0.717) is 0 Å². The Morgan fingerprint density at radius 3 is 2.74 bits per heavy atom. The van der Waals surface area contributed by atoms with Crippen molar-refractivity contribution in [2.24, 2.45) is 0 Å². The largest absolute Gasteiger partial charge is 0.370 e. The maximum absolute atomic E-state index is 4.52. The van der Waals surface area contributed by atoms with Gasteiger partial charge >= 0.3 is 0 Å². The molecule has 0 atom stereocenters. The lowest BCUT2D eigenvalue weighted by molar-refractivity contribution is 0.891. The molecule has 0 aliphatic heterocycles. The van der Waals surface area contributed by atoms with Gasteiger partial charge in [0.2, 0.25) is 0 Å². The molecule has 3 nitrogen and oxygen atoms in total. The fraction of sp³-hybridized carbons (Fsp3) is 0.231. The van der Waals surface area contributed by atoms with Gasteiger partial charge in [-0.3, -0.25) is 0 Å². The van der Waals surface area contributed by atoms with Crippen LogP contribution >= 0.6 is 39.5 Å². The Kier molecular flexibility index (Phi) is 5.54. The molecule has 1 aromatic heterocycles. The van der Waals surface area contributed by atoms with E-state index in [0.717, 1.165) is 31.9 Å². The molecule has 0 saturated carbocycles. The van der Waals surface area contributed by atoms with Crippen LogP contribution in [0.1, 0.15) is 6.92 Å². The third-order valence-corrected chi connectivity index (χ3v) is 4.77. The zero-order chi connectivity index (χ0) is 13.7. The number of thioether (sulfide) groups is 1. The number of anilines is 1. The number of aromatic nitrogens is 2. The first-order valence-corrected chi connectivity index (χ1v) is 8.65. The average Bonchev–Trinajstić information content (AvgIpc) is 2.41. The topological polar surface area (TPSA) is 37.8 Å². The monoisotopic (exact) mass is 355 g/mol.